The summed E-state index contributed by atoms with van der Waals surface area (Å²) in [6, 6.07) is 12.9. The van der Waals surface area contributed by atoms with Crippen molar-refractivity contribution in [1.82, 2.24) is 5.32 Å². The van der Waals surface area contributed by atoms with E-state index in [-0.39, 0.29) is 5.91 Å². The van der Waals surface area contributed by atoms with Gasteiger partial charge in [0.25, 0.3) is 0 Å². The van der Waals surface area contributed by atoms with Crippen LogP contribution < -0.4 is 14.5 Å². The molecule has 0 spiro atoms. The minimum atomic E-state index is -3.63. The summed E-state index contributed by atoms with van der Waals surface area (Å²) in [5.74, 6) is -0.329. The Balaban J connectivity index is 1.68. The number of benzene rings is 2. The molecule has 1 heterocycles. The van der Waals surface area contributed by atoms with Crippen molar-refractivity contribution in [2.75, 3.05) is 28.6 Å². The maximum Gasteiger partial charge on any atom is 0.243 e. The van der Waals surface area contributed by atoms with Crippen molar-refractivity contribution in [2.45, 2.75) is 52.6 Å². The Morgan fingerprint density at radius 2 is 1.61 bits per heavy atom. The van der Waals surface area contributed by atoms with E-state index in [0.717, 1.165) is 36.0 Å². The molecule has 31 heavy (non-hydrogen) atoms. The van der Waals surface area contributed by atoms with Gasteiger partial charge in [0.1, 0.15) is 6.04 Å². The second-order valence-corrected chi connectivity index (χ2v) is 10.4. The third-order valence-corrected chi connectivity index (χ3v) is 6.92. The first-order chi connectivity index (χ1) is 14.6. The zero-order chi connectivity index (χ0) is 22.6. The second kappa shape index (κ2) is 9.73. The maximum atomic E-state index is 12.8. The molecule has 1 fully saturated rings. The first-order valence-corrected chi connectivity index (χ1v) is 12.7. The number of amides is 1. The molecule has 168 valence electrons. The molecule has 1 N–H and O–H groups in total. The third kappa shape index (κ3) is 6.00. The van der Waals surface area contributed by atoms with E-state index in [2.05, 4.69) is 22.3 Å². The highest BCUT2D eigenvalue weighted by molar-refractivity contribution is 7.92. The van der Waals surface area contributed by atoms with Gasteiger partial charge in [-0.15, -0.1) is 0 Å². The summed E-state index contributed by atoms with van der Waals surface area (Å²) in [5, 5.41) is 2.89. The second-order valence-electron chi connectivity index (χ2n) is 8.51. The first kappa shape index (κ1) is 23.1. The lowest BCUT2D eigenvalue weighted by atomic mass is 10.1. The fourth-order valence-corrected chi connectivity index (χ4v) is 5.36. The largest absolute Gasteiger partial charge is 0.372 e. The molecule has 0 unspecified atom stereocenters. The molecule has 1 aliphatic rings. The molecular weight excluding hydrogens is 410 g/mol. The maximum absolute atomic E-state index is 12.8. The lowest BCUT2D eigenvalue weighted by Crippen LogP contribution is -2.47. The van der Waals surface area contributed by atoms with Gasteiger partial charge in [0.2, 0.25) is 15.9 Å². The molecule has 0 saturated carbocycles. The lowest BCUT2D eigenvalue weighted by molar-refractivity contribution is -0.122. The van der Waals surface area contributed by atoms with Crippen LogP contribution in [0.15, 0.2) is 42.5 Å². The Kier molecular flexibility index (Phi) is 7.26. The van der Waals surface area contributed by atoms with Gasteiger partial charge in [0.05, 0.1) is 11.9 Å². The average molecular weight is 444 g/mol. The van der Waals surface area contributed by atoms with Crippen LogP contribution in [-0.4, -0.2) is 39.7 Å². The van der Waals surface area contributed by atoms with Crippen LogP contribution in [0.1, 0.15) is 42.9 Å². The van der Waals surface area contributed by atoms with E-state index < -0.39 is 16.1 Å². The summed E-state index contributed by atoms with van der Waals surface area (Å²) >= 11 is 0. The minimum absolute atomic E-state index is 0.329. The van der Waals surface area contributed by atoms with E-state index >= 15 is 0 Å². The van der Waals surface area contributed by atoms with Crippen LogP contribution in [0.5, 0.6) is 0 Å². The number of hydrogen-bond donors (Lipinski definition) is 1. The quantitative estimate of drug-likeness (QED) is 0.707. The van der Waals surface area contributed by atoms with Crippen LogP contribution in [0, 0.1) is 13.8 Å². The van der Waals surface area contributed by atoms with Crippen molar-refractivity contribution in [1.29, 1.82) is 0 Å². The zero-order valence-corrected chi connectivity index (χ0v) is 19.7. The lowest BCUT2D eigenvalue weighted by Gasteiger charge is -2.29. The fourth-order valence-electron chi connectivity index (χ4n) is 4.20. The molecule has 6 nitrogen and oxygen atoms in total. The number of hydrogen-bond acceptors (Lipinski definition) is 4. The van der Waals surface area contributed by atoms with Crippen molar-refractivity contribution in [3.8, 4) is 0 Å². The number of sulfonamides is 1. The van der Waals surface area contributed by atoms with Gasteiger partial charge in [-0.2, -0.15) is 0 Å². The van der Waals surface area contributed by atoms with Gasteiger partial charge in [-0.3, -0.25) is 9.10 Å². The Bertz CT molecular complexity index is 993. The van der Waals surface area contributed by atoms with Crippen LogP contribution in [-0.2, 0) is 21.4 Å². The van der Waals surface area contributed by atoms with Crippen LogP contribution in [0.25, 0.3) is 0 Å². The number of nitrogens with zero attached hydrogens (tertiary/aromatic N) is 2. The van der Waals surface area contributed by atoms with E-state index in [1.165, 1.54) is 29.3 Å². The zero-order valence-electron chi connectivity index (χ0n) is 18.9. The molecule has 0 aromatic heterocycles. The number of carbonyl (C=O) groups is 1. The van der Waals surface area contributed by atoms with E-state index in [4.69, 9.17) is 0 Å². The van der Waals surface area contributed by atoms with Crippen molar-refractivity contribution in [3.63, 3.8) is 0 Å². The predicted molar refractivity (Wildman–Crippen MR) is 127 cm³/mol. The van der Waals surface area contributed by atoms with Crippen molar-refractivity contribution in [2.24, 2.45) is 0 Å². The molecular formula is C24H33N3O3S. The third-order valence-electron chi connectivity index (χ3n) is 5.67. The van der Waals surface area contributed by atoms with Crippen LogP contribution >= 0.6 is 0 Å². The van der Waals surface area contributed by atoms with Gasteiger partial charge < -0.3 is 10.2 Å². The molecule has 0 aliphatic carbocycles. The van der Waals surface area contributed by atoms with E-state index in [9.17, 15) is 13.2 Å². The van der Waals surface area contributed by atoms with Crippen molar-refractivity contribution in [3.05, 3.63) is 59.2 Å². The van der Waals surface area contributed by atoms with Gasteiger partial charge in [-0.05, 0) is 81.0 Å². The summed E-state index contributed by atoms with van der Waals surface area (Å²) in [5.41, 5.74) is 4.60. The number of aryl methyl sites for hydroxylation is 2. The highest BCUT2D eigenvalue weighted by Crippen LogP contribution is 2.24. The van der Waals surface area contributed by atoms with E-state index in [1.807, 2.05) is 32.0 Å². The van der Waals surface area contributed by atoms with Crippen molar-refractivity contribution >= 4 is 27.3 Å². The van der Waals surface area contributed by atoms with Crippen LogP contribution in [0.3, 0.4) is 0 Å². The molecule has 2 aromatic carbocycles. The number of nitrogens with one attached hydrogen (secondary N) is 1. The van der Waals surface area contributed by atoms with Gasteiger partial charge in [-0.25, -0.2) is 8.42 Å². The Hall–Kier alpha value is -2.54. The minimum Gasteiger partial charge on any atom is -0.372 e. The van der Waals surface area contributed by atoms with Gasteiger partial charge in [-0.1, -0.05) is 18.2 Å². The molecule has 1 saturated heterocycles. The van der Waals surface area contributed by atoms with Gasteiger partial charge >= 0.3 is 0 Å². The van der Waals surface area contributed by atoms with E-state index in [0.29, 0.717) is 12.2 Å². The monoisotopic (exact) mass is 443 g/mol. The summed E-state index contributed by atoms with van der Waals surface area (Å²) in [6.45, 7) is 7.98. The Morgan fingerprint density at radius 3 is 2.16 bits per heavy atom. The van der Waals surface area contributed by atoms with Crippen LogP contribution in [0.2, 0.25) is 0 Å². The Morgan fingerprint density at radius 1 is 1.03 bits per heavy atom. The number of piperidine rings is 1. The molecule has 3 rings (SSSR count). The normalized spacial score (nSPS) is 15.4. The molecule has 7 heteroatoms. The summed E-state index contributed by atoms with van der Waals surface area (Å²) in [7, 11) is -3.63. The molecule has 1 aliphatic heterocycles. The average Bonchev–Trinajstić information content (AvgIpc) is 2.71. The van der Waals surface area contributed by atoms with Gasteiger partial charge in [0.15, 0.2) is 0 Å². The predicted octanol–water partition coefficient (Wildman–Crippen LogP) is 3.76. The molecule has 0 radical (unpaired) electrons. The molecule has 0 bridgehead atoms. The van der Waals surface area contributed by atoms with Gasteiger partial charge in [0, 0.05) is 25.3 Å². The topological polar surface area (TPSA) is 69.7 Å². The summed E-state index contributed by atoms with van der Waals surface area (Å²) in [4.78, 5) is 15.2. The fraction of sp³-hybridized carbons (Fsp3) is 0.458. The highest BCUT2D eigenvalue weighted by atomic mass is 32.2. The number of anilines is 2. The molecule has 1 amide bonds. The SMILES string of the molecule is Cc1cc(C)cc(N([C@@H](C)C(=O)NCc2ccc(N3CCCCC3)cc2)S(C)(=O)=O)c1. The smallest absolute Gasteiger partial charge is 0.243 e. The number of carbonyl (C=O) groups excluding carboxylic acids is 1. The van der Waals surface area contributed by atoms with Crippen LogP contribution in [0.4, 0.5) is 11.4 Å². The standard InChI is InChI=1S/C24H33N3O3S/c1-18-14-19(2)16-23(15-18)27(31(4,29)30)20(3)24(28)25-17-21-8-10-22(11-9-21)26-12-6-5-7-13-26/h8-11,14-16,20H,5-7,12-13,17H2,1-4H3,(H,25,28)/t20-/m0/s1. The van der Waals surface area contributed by atoms with E-state index in [1.54, 1.807) is 19.1 Å². The number of rotatable bonds is 7. The summed E-state index contributed by atoms with van der Waals surface area (Å²) < 4.78 is 26.2. The first-order valence-electron chi connectivity index (χ1n) is 10.8. The Labute approximate surface area is 186 Å². The van der Waals surface area contributed by atoms with Crippen molar-refractivity contribution < 1.29 is 13.2 Å². The molecule has 1 atom stereocenters. The molecule has 2 aromatic rings. The highest BCUT2D eigenvalue weighted by Gasteiger charge is 2.29. The summed E-state index contributed by atoms with van der Waals surface area (Å²) in [6.07, 6.45) is 4.89.